The van der Waals surface area contributed by atoms with Crippen molar-refractivity contribution in [2.75, 3.05) is 32.7 Å². The summed E-state index contributed by atoms with van der Waals surface area (Å²) in [7, 11) is 0. The van der Waals surface area contributed by atoms with Crippen LogP contribution in [0.2, 0.25) is 4.34 Å². The first-order chi connectivity index (χ1) is 9.15. The molecule has 1 aromatic rings. The van der Waals surface area contributed by atoms with Gasteiger partial charge in [-0.1, -0.05) is 25.4 Å². The largest absolute Gasteiger partial charge is 0.326 e. The molecule has 2 N–H and O–H groups in total. The van der Waals surface area contributed by atoms with E-state index in [-0.39, 0.29) is 6.04 Å². The molecule has 2 atom stereocenters. The average molecular weight is 302 g/mol. The molecule has 2 rings (SSSR count). The molecule has 1 fully saturated rings. The van der Waals surface area contributed by atoms with Crippen LogP contribution >= 0.6 is 22.9 Å². The number of piperazine rings is 1. The van der Waals surface area contributed by atoms with Crippen LogP contribution in [-0.2, 0) is 0 Å². The van der Waals surface area contributed by atoms with E-state index in [9.17, 15) is 0 Å². The van der Waals surface area contributed by atoms with Gasteiger partial charge in [-0.25, -0.2) is 0 Å². The van der Waals surface area contributed by atoms with Gasteiger partial charge in [0.15, 0.2) is 0 Å². The molecule has 0 aromatic carbocycles. The van der Waals surface area contributed by atoms with E-state index in [1.807, 2.05) is 6.07 Å². The summed E-state index contributed by atoms with van der Waals surface area (Å²) in [4.78, 5) is 6.33. The molecule has 1 aliphatic rings. The molecule has 108 valence electrons. The monoisotopic (exact) mass is 301 g/mol. The molecular formula is C14H24ClN3S. The summed E-state index contributed by atoms with van der Waals surface area (Å²) in [6.45, 7) is 10.0. The van der Waals surface area contributed by atoms with E-state index in [0.717, 1.165) is 43.5 Å². The molecule has 1 aromatic heterocycles. The lowest BCUT2D eigenvalue weighted by Crippen LogP contribution is -2.51. The van der Waals surface area contributed by atoms with Gasteiger partial charge in [0.1, 0.15) is 0 Å². The van der Waals surface area contributed by atoms with Gasteiger partial charge in [0.05, 0.1) is 10.4 Å². The fourth-order valence-corrected chi connectivity index (χ4v) is 4.00. The van der Waals surface area contributed by atoms with E-state index in [4.69, 9.17) is 17.3 Å². The summed E-state index contributed by atoms with van der Waals surface area (Å²) in [5.41, 5.74) is 6.36. The van der Waals surface area contributed by atoms with Crippen molar-refractivity contribution in [3.63, 3.8) is 0 Å². The zero-order valence-electron chi connectivity index (χ0n) is 11.8. The van der Waals surface area contributed by atoms with Gasteiger partial charge in [-0.05, 0) is 25.1 Å². The first-order valence-electron chi connectivity index (χ1n) is 7.13. The normalized spacial score (nSPS) is 21.5. The number of halogens is 1. The topological polar surface area (TPSA) is 32.5 Å². The Balaban J connectivity index is 2.10. The fraction of sp³-hybridized carbons (Fsp3) is 0.714. The Morgan fingerprint density at radius 3 is 2.42 bits per heavy atom. The lowest BCUT2D eigenvalue weighted by atomic mass is 10.0. The molecule has 2 heterocycles. The number of hydrogen-bond acceptors (Lipinski definition) is 4. The van der Waals surface area contributed by atoms with Crippen LogP contribution in [0.1, 0.15) is 31.2 Å². The van der Waals surface area contributed by atoms with Crippen LogP contribution in [0.25, 0.3) is 0 Å². The summed E-state index contributed by atoms with van der Waals surface area (Å²) in [5.74, 6) is 0. The molecule has 0 amide bonds. The highest BCUT2D eigenvalue weighted by molar-refractivity contribution is 7.16. The number of likely N-dealkylation sites (N-methyl/N-ethyl adjacent to an activating group) is 1. The lowest BCUT2D eigenvalue weighted by molar-refractivity contribution is 0.0880. The average Bonchev–Trinajstić information content (AvgIpc) is 2.86. The third-order valence-electron chi connectivity index (χ3n) is 4.01. The second-order valence-corrected chi connectivity index (χ2v) is 6.88. The van der Waals surface area contributed by atoms with Crippen LogP contribution in [0.4, 0.5) is 0 Å². The predicted octanol–water partition coefficient (Wildman–Crippen LogP) is 2.82. The maximum atomic E-state index is 6.36. The van der Waals surface area contributed by atoms with E-state index in [2.05, 4.69) is 29.7 Å². The third kappa shape index (κ3) is 3.70. The van der Waals surface area contributed by atoms with Gasteiger partial charge in [-0.2, -0.15) is 0 Å². The highest BCUT2D eigenvalue weighted by Gasteiger charge is 2.29. The molecule has 0 radical (unpaired) electrons. The zero-order chi connectivity index (χ0) is 13.8. The summed E-state index contributed by atoms with van der Waals surface area (Å²) in [6.07, 6.45) is 0.994. The standard InChI is InChI=1S/C14H24ClN3S/c1-3-11(16)14(12-5-6-13(15)19-12)18-9-7-17(4-2)8-10-18/h5-6,11,14H,3-4,7-10,16H2,1-2H3. The first-order valence-corrected chi connectivity index (χ1v) is 8.32. The van der Waals surface area contributed by atoms with E-state index in [0.29, 0.717) is 6.04 Å². The van der Waals surface area contributed by atoms with E-state index in [1.54, 1.807) is 11.3 Å². The van der Waals surface area contributed by atoms with E-state index >= 15 is 0 Å². The summed E-state index contributed by atoms with van der Waals surface area (Å²) >= 11 is 7.76. The smallest absolute Gasteiger partial charge is 0.0931 e. The minimum atomic E-state index is 0.183. The zero-order valence-corrected chi connectivity index (χ0v) is 13.4. The Kier molecular flexibility index (Phi) is 5.66. The molecule has 2 unspecified atom stereocenters. The Labute approximate surface area is 125 Å². The molecule has 0 saturated carbocycles. The van der Waals surface area contributed by atoms with Crippen molar-refractivity contribution in [3.05, 3.63) is 21.3 Å². The van der Waals surface area contributed by atoms with Crippen LogP contribution in [0.5, 0.6) is 0 Å². The second-order valence-electron chi connectivity index (χ2n) is 5.13. The van der Waals surface area contributed by atoms with Crippen LogP contribution in [0, 0.1) is 0 Å². The number of hydrogen-bond donors (Lipinski definition) is 1. The van der Waals surface area contributed by atoms with Crippen molar-refractivity contribution < 1.29 is 0 Å². The lowest BCUT2D eigenvalue weighted by Gasteiger charge is -2.40. The quantitative estimate of drug-likeness (QED) is 0.908. The SMILES string of the molecule is CCC(N)C(c1ccc(Cl)s1)N1CCN(CC)CC1. The van der Waals surface area contributed by atoms with Crippen molar-refractivity contribution in [2.24, 2.45) is 5.73 Å². The molecule has 19 heavy (non-hydrogen) atoms. The van der Waals surface area contributed by atoms with Gasteiger partial charge in [0.2, 0.25) is 0 Å². The van der Waals surface area contributed by atoms with Crippen molar-refractivity contribution in [2.45, 2.75) is 32.4 Å². The molecule has 5 heteroatoms. The highest BCUT2D eigenvalue weighted by atomic mass is 35.5. The summed E-state index contributed by atoms with van der Waals surface area (Å²) in [6, 6.07) is 4.63. The number of rotatable bonds is 5. The highest BCUT2D eigenvalue weighted by Crippen LogP contribution is 2.33. The molecule has 0 spiro atoms. The third-order valence-corrected chi connectivity index (χ3v) is 5.31. The molecule has 3 nitrogen and oxygen atoms in total. The van der Waals surface area contributed by atoms with Gasteiger partial charge in [-0.15, -0.1) is 11.3 Å². The van der Waals surface area contributed by atoms with E-state index < -0.39 is 0 Å². The molecule has 0 aliphatic carbocycles. The van der Waals surface area contributed by atoms with Crippen LogP contribution in [0.15, 0.2) is 12.1 Å². The second kappa shape index (κ2) is 7.04. The predicted molar refractivity (Wildman–Crippen MR) is 84.0 cm³/mol. The van der Waals surface area contributed by atoms with Gasteiger partial charge >= 0.3 is 0 Å². The Morgan fingerprint density at radius 1 is 1.26 bits per heavy atom. The number of nitrogens with two attached hydrogens (primary N) is 1. The number of nitrogens with zero attached hydrogens (tertiary/aromatic N) is 2. The Bertz CT molecular complexity index is 388. The number of thiophene rings is 1. The van der Waals surface area contributed by atoms with Crippen molar-refractivity contribution in [1.82, 2.24) is 9.80 Å². The van der Waals surface area contributed by atoms with Crippen molar-refractivity contribution in [3.8, 4) is 0 Å². The van der Waals surface area contributed by atoms with Crippen LogP contribution in [0.3, 0.4) is 0 Å². The van der Waals surface area contributed by atoms with Gasteiger partial charge < -0.3 is 10.6 Å². The summed E-state index contributed by atoms with van der Waals surface area (Å²) in [5, 5.41) is 0. The Morgan fingerprint density at radius 2 is 1.95 bits per heavy atom. The maximum absolute atomic E-state index is 6.36. The molecule has 0 bridgehead atoms. The Hall–Kier alpha value is -0.130. The fourth-order valence-electron chi connectivity index (χ4n) is 2.73. The molecular weight excluding hydrogens is 278 g/mol. The van der Waals surface area contributed by atoms with Crippen molar-refractivity contribution in [1.29, 1.82) is 0 Å². The van der Waals surface area contributed by atoms with Crippen LogP contribution < -0.4 is 5.73 Å². The van der Waals surface area contributed by atoms with Gasteiger partial charge in [-0.3, -0.25) is 4.90 Å². The summed E-state index contributed by atoms with van der Waals surface area (Å²) < 4.78 is 0.857. The minimum absolute atomic E-state index is 0.183. The first kappa shape index (κ1) is 15.3. The van der Waals surface area contributed by atoms with Gasteiger partial charge in [0.25, 0.3) is 0 Å². The maximum Gasteiger partial charge on any atom is 0.0931 e. The minimum Gasteiger partial charge on any atom is -0.326 e. The van der Waals surface area contributed by atoms with E-state index in [1.165, 1.54) is 4.88 Å². The molecule has 1 aliphatic heterocycles. The van der Waals surface area contributed by atoms with Crippen LogP contribution in [-0.4, -0.2) is 48.6 Å². The molecule has 1 saturated heterocycles. The van der Waals surface area contributed by atoms with Crippen molar-refractivity contribution >= 4 is 22.9 Å². The van der Waals surface area contributed by atoms with Gasteiger partial charge in [0, 0.05) is 37.1 Å².